The van der Waals surface area contributed by atoms with Crippen molar-refractivity contribution in [2.45, 2.75) is 56.1 Å². The molecule has 0 spiro atoms. The molecule has 1 unspecified atom stereocenters. The van der Waals surface area contributed by atoms with Crippen LogP contribution in [0.5, 0.6) is 0 Å². The number of sulfone groups is 1. The first-order valence-electron chi connectivity index (χ1n) is 12.0. The fourth-order valence-corrected chi connectivity index (χ4v) is 5.88. The van der Waals surface area contributed by atoms with Crippen LogP contribution in [0.3, 0.4) is 0 Å². The van der Waals surface area contributed by atoms with Gasteiger partial charge in [0.2, 0.25) is 5.91 Å². The molecule has 7 nitrogen and oxygen atoms in total. The van der Waals surface area contributed by atoms with Crippen LogP contribution in [0.1, 0.15) is 55.1 Å². The standard InChI is InChI=1S/C26H31ClN2O5S/c1-3-21-12-13-23(29(21)26(31)18-6-5-7-22(14-18)35(32,33)4-2)25(30)28-24(19-15-34-16-19)17-8-10-20(27)11-9-17/h5-11,14,19,21,23-24H,3-4,12-13,15-16H2,1-2H3,(H,28,30)/t21-,23-,24?/m1/s1. The van der Waals surface area contributed by atoms with Crippen LogP contribution in [0.4, 0.5) is 0 Å². The van der Waals surface area contributed by atoms with Crippen LogP contribution in [-0.2, 0) is 19.4 Å². The molecule has 2 aliphatic rings. The lowest BCUT2D eigenvalue weighted by Gasteiger charge is -2.36. The Kier molecular flexibility index (Phi) is 7.83. The second kappa shape index (κ2) is 10.7. The average Bonchev–Trinajstić information content (AvgIpc) is 3.27. The Balaban J connectivity index is 1.59. The number of rotatable bonds is 8. The summed E-state index contributed by atoms with van der Waals surface area (Å²) in [5.41, 5.74) is 1.22. The molecule has 2 aromatic carbocycles. The number of carbonyl (C=O) groups is 2. The van der Waals surface area contributed by atoms with E-state index in [1.54, 1.807) is 36.1 Å². The first kappa shape index (κ1) is 25.7. The lowest BCUT2D eigenvalue weighted by atomic mass is 9.91. The van der Waals surface area contributed by atoms with Crippen molar-refractivity contribution in [2.24, 2.45) is 5.92 Å². The Morgan fingerprint density at radius 3 is 2.43 bits per heavy atom. The third kappa shape index (κ3) is 5.39. The van der Waals surface area contributed by atoms with Crippen molar-refractivity contribution in [3.8, 4) is 0 Å². The van der Waals surface area contributed by atoms with Crippen LogP contribution in [0.15, 0.2) is 53.4 Å². The highest BCUT2D eigenvalue weighted by Crippen LogP contribution is 2.32. The third-order valence-corrected chi connectivity index (χ3v) is 8.98. The molecule has 1 N–H and O–H groups in total. The monoisotopic (exact) mass is 518 g/mol. The summed E-state index contributed by atoms with van der Waals surface area (Å²) in [5.74, 6) is -0.437. The summed E-state index contributed by atoms with van der Waals surface area (Å²) in [6.45, 7) is 4.67. The average molecular weight is 519 g/mol. The highest BCUT2D eigenvalue weighted by atomic mass is 35.5. The van der Waals surface area contributed by atoms with Crippen LogP contribution in [0.2, 0.25) is 5.02 Å². The minimum Gasteiger partial charge on any atom is -0.381 e. The third-order valence-electron chi connectivity index (χ3n) is 6.99. The second-order valence-corrected chi connectivity index (χ2v) is 11.8. The lowest BCUT2D eigenvalue weighted by molar-refractivity contribution is -0.128. The number of nitrogens with one attached hydrogen (secondary N) is 1. The SMILES string of the molecule is CC[C@@H]1CC[C@H](C(=O)NC(c2ccc(Cl)cc2)C2COC2)N1C(=O)c1cccc(S(=O)(=O)CC)c1. The van der Waals surface area contributed by atoms with E-state index in [1.807, 2.05) is 19.1 Å². The molecule has 2 aliphatic heterocycles. The number of nitrogens with zero attached hydrogens (tertiary/aromatic N) is 1. The van der Waals surface area contributed by atoms with Crippen molar-refractivity contribution < 1.29 is 22.7 Å². The van der Waals surface area contributed by atoms with Gasteiger partial charge in [0.05, 0.1) is 29.9 Å². The van der Waals surface area contributed by atoms with Crippen molar-refractivity contribution in [3.05, 3.63) is 64.7 Å². The molecule has 0 radical (unpaired) electrons. The van der Waals surface area contributed by atoms with E-state index < -0.39 is 15.9 Å². The molecular formula is C26H31ClN2O5S. The van der Waals surface area contributed by atoms with Gasteiger partial charge in [-0.3, -0.25) is 9.59 Å². The maximum absolute atomic E-state index is 13.6. The highest BCUT2D eigenvalue weighted by molar-refractivity contribution is 7.91. The number of benzene rings is 2. The number of amides is 2. The zero-order valence-electron chi connectivity index (χ0n) is 19.9. The van der Waals surface area contributed by atoms with Crippen molar-refractivity contribution in [1.29, 1.82) is 0 Å². The number of hydrogen-bond acceptors (Lipinski definition) is 5. The van der Waals surface area contributed by atoms with Crippen LogP contribution >= 0.6 is 11.6 Å². The fourth-order valence-electron chi connectivity index (χ4n) is 4.83. The van der Waals surface area contributed by atoms with Gasteiger partial charge >= 0.3 is 0 Å². The van der Waals surface area contributed by atoms with Gasteiger partial charge in [-0.25, -0.2) is 8.42 Å². The van der Waals surface area contributed by atoms with E-state index in [1.165, 1.54) is 12.1 Å². The maximum Gasteiger partial charge on any atom is 0.254 e. The Hall–Kier alpha value is -2.42. The van der Waals surface area contributed by atoms with Gasteiger partial charge in [-0.15, -0.1) is 0 Å². The van der Waals surface area contributed by atoms with Crippen LogP contribution < -0.4 is 5.32 Å². The Morgan fingerprint density at radius 2 is 1.83 bits per heavy atom. The number of ether oxygens (including phenoxy) is 1. The van der Waals surface area contributed by atoms with Crippen molar-refractivity contribution in [2.75, 3.05) is 19.0 Å². The summed E-state index contributed by atoms with van der Waals surface area (Å²) < 4.78 is 30.1. The fraction of sp³-hybridized carbons (Fsp3) is 0.462. The van der Waals surface area contributed by atoms with Gasteiger partial charge in [-0.1, -0.05) is 43.6 Å². The molecule has 188 valence electrons. The molecule has 2 amide bonds. The van der Waals surface area contributed by atoms with Crippen molar-refractivity contribution in [3.63, 3.8) is 0 Å². The van der Waals surface area contributed by atoms with Gasteiger partial charge in [0.15, 0.2) is 9.84 Å². The highest BCUT2D eigenvalue weighted by Gasteiger charge is 2.42. The van der Waals surface area contributed by atoms with E-state index in [0.29, 0.717) is 37.5 Å². The van der Waals surface area contributed by atoms with Crippen molar-refractivity contribution >= 4 is 33.3 Å². The normalized spacial score (nSPS) is 21.4. The van der Waals surface area contributed by atoms with E-state index in [-0.39, 0.29) is 46.0 Å². The summed E-state index contributed by atoms with van der Waals surface area (Å²) >= 11 is 6.05. The van der Waals surface area contributed by atoms with E-state index in [4.69, 9.17) is 16.3 Å². The van der Waals surface area contributed by atoms with Gasteiger partial charge in [-0.2, -0.15) is 0 Å². The number of carbonyl (C=O) groups excluding carboxylic acids is 2. The number of hydrogen-bond donors (Lipinski definition) is 1. The first-order chi connectivity index (χ1) is 16.7. The molecule has 2 fully saturated rings. The Labute approximate surface area is 211 Å². The van der Waals surface area contributed by atoms with E-state index in [2.05, 4.69) is 5.32 Å². The molecule has 2 aromatic rings. The quantitative estimate of drug-likeness (QED) is 0.569. The smallest absolute Gasteiger partial charge is 0.254 e. The van der Waals surface area contributed by atoms with Gasteiger partial charge in [0.25, 0.3) is 5.91 Å². The molecule has 3 atom stereocenters. The van der Waals surface area contributed by atoms with Gasteiger partial charge in [0.1, 0.15) is 6.04 Å². The summed E-state index contributed by atoms with van der Waals surface area (Å²) in [5, 5.41) is 3.79. The van der Waals surface area contributed by atoms with Crippen molar-refractivity contribution in [1.82, 2.24) is 10.2 Å². The van der Waals surface area contributed by atoms with E-state index in [9.17, 15) is 18.0 Å². The first-order valence-corrected chi connectivity index (χ1v) is 14.1. The number of likely N-dealkylation sites (tertiary alicyclic amines) is 1. The molecule has 0 aromatic heterocycles. The molecule has 4 rings (SSSR count). The molecular weight excluding hydrogens is 488 g/mol. The zero-order valence-corrected chi connectivity index (χ0v) is 21.5. The van der Waals surface area contributed by atoms with E-state index >= 15 is 0 Å². The van der Waals surface area contributed by atoms with Crippen LogP contribution in [0, 0.1) is 5.92 Å². The molecule has 0 bridgehead atoms. The maximum atomic E-state index is 13.6. The molecule has 2 heterocycles. The van der Waals surface area contributed by atoms with E-state index in [0.717, 1.165) is 5.56 Å². The Morgan fingerprint density at radius 1 is 1.11 bits per heavy atom. The molecule has 35 heavy (non-hydrogen) atoms. The van der Waals surface area contributed by atoms with Gasteiger partial charge in [0, 0.05) is 22.5 Å². The molecule has 9 heteroatoms. The summed E-state index contributed by atoms with van der Waals surface area (Å²) in [6, 6.07) is 12.5. The Bertz CT molecular complexity index is 1180. The van der Waals surface area contributed by atoms with Gasteiger partial charge in [-0.05, 0) is 55.2 Å². The second-order valence-electron chi connectivity index (χ2n) is 9.13. The molecule has 0 aliphatic carbocycles. The lowest BCUT2D eigenvalue weighted by Crippen LogP contribution is -2.51. The number of halogens is 1. The summed E-state index contributed by atoms with van der Waals surface area (Å²) in [6.07, 6.45) is 1.97. The minimum absolute atomic E-state index is 0.0477. The zero-order chi connectivity index (χ0) is 25.2. The van der Waals surface area contributed by atoms with Crippen LogP contribution in [0.25, 0.3) is 0 Å². The van der Waals surface area contributed by atoms with Gasteiger partial charge < -0.3 is 15.0 Å². The molecule has 0 saturated carbocycles. The largest absolute Gasteiger partial charge is 0.381 e. The minimum atomic E-state index is -3.45. The van der Waals surface area contributed by atoms with Crippen LogP contribution in [-0.4, -0.2) is 56.2 Å². The topological polar surface area (TPSA) is 92.8 Å². The summed E-state index contributed by atoms with van der Waals surface area (Å²) in [4.78, 5) is 28.9. The molecule has 2 saturated heterocycles. The predicted molar refractivity (Wildman–Crippen MR) is 134 cm³/mol. The summed E-state index contributed by atoms with van der Waals surface area (Å²) in [7, 11) is -3.45. The predicted octanol–water partition coefficient (Wildman–Crippen LogP) is 4.02.